The fourth-order valence-electron chi connectivity index (χ4n) is 4.04. The molecule has 1 heterocycles. The van der Waals surface area contributed by atoms with Gasteiger partial charge in [0.1, 0.15) is 0 Å². The molecule has 2 aliphatic rings. The molecule has 1 aliphatic heterocycles. The lowest BCUT2D eigenvalue weighted by Gasteiger charge is -2.33. The molecule has 0 fully saturated rings. The van der Waals surface area contributed by atoms with Crippen molar-refractivity contribution in [1.29, 1.82) is 0 Å². The second-order valence-corrected chi connectivity index (χ2v) is 7.80. The van der Waals surface area contributed by atoms with Crippen molar-refractivity contribution in [3.8, 4) is 0 Å². The van der Waals surface area contributed by atoms with E-state index in [1.807, 2.05) is 43.3 Å². The number of allylic oxidation sites excluding steroid dienone is 1. The highest BCUT2D eigenvalue weighted by Gasteiger charge is 2.39. The summed E-state index contributed by atoms with van der Waals surface area (Å²) in [6, 6.07) is 14.4. The molecule has 6 heteroatoms. The number of fused-ring (bicyclic) bond motifs is 1. The van der Waals surface area contributed by atoms with Gasteiger partial charge in [0, 0.05) is 29.3 Å². The monoisotopic (exact) mass is 409 g/mol. The number of carbonyl (C=O) groups is 2. The van der Waals surface area contributed by atoms with Gasteiger partial charge in [-0.2, -0.15) is 0 Å². The number of amides is 2. The van der Waals surface area contributed by atoms with E-state index in [9.17, 15) is 9.59 Å². The van der Waals surface area contributed by atoms with Crippen molar-refractivity contribution in [1.82, 2.24) is 5.32 Å². The molecule has 0 saturated carbocycles. The zero-order valence-electron chi connectivity index (χ0n) is 16.4. The van der Waals surface area contributed by atoms with Crippen LogP contribution in [0.15, 0.2) is 59.8 Å². The Bertz CT molecular complexity index is 968. The molecule has 2 amide bonds. The minimum absolute atomic E-state index is 0.0831. The summed E-state index contributed by atoms with van der Waals surface area (Å²) >= 11 is 6.11. The molecule has 1 aliphatic carbocycles. The van der Waals surface area contributed by atoms with Crippen LogP contribution in [-0.4, -0.2) is 18.4 Å². The average Bonchev–Trinajstić information content (AvgIpc) is 2.87. The predicted molar refractivity (Wildman–Crippen MR) is 116 cm³/mol. The highest BCUT2D eigenvalue weighted by atomic mass is 35.5. The van der Waals surface area contributed by atoms with Crippen LogP contribution in [0, 0.1) is 0 Å². The number of hydrogen-bond acceptors (Lipinski definition) is 3. The first kappa shape index (κ1) is 19.5. The molecule has 0 spiro atoms. The minimum Gasteiger partial charge on any atom is -0.357 e. The number of urea groups is 1. The van der Waals surface area contributed by atoms with Gasteiger partial charge < -0.3 is 10.6 Å². The summed E-state index contributed by atoms with van der Waals surface area (Å²) in [5.41, 5.74) is 4.02. The Balaban J connectivity index is 1.94. The lowest BCUT2D eigenvalue weighted by Crippen LogP contribution is -2.44. The van der Waals surface area contributed by atoms with Gasteiger partial charge in [-0.05, 0) is 49.1 Å². The maximum Gasteiger partial charge on any atom is 0.322 e. The van der Waals surface area contributed by atoms with E-state index in [-0.39, 0.29) is 11.8 Å². The van der Waals surface area contributed by atoms with Crippen molar-refractivity contribution in [3.05, 3.63) is 70.4 Å². The van der Waals surface area contributed by atoms with Crippen LogP contribution in [0.2, 0.25) is 5.02 Å². The van der Waals surface area contributed by atoms with Crippen molar-refractivity contribution >= 4 is 34.8 Å². The number of benzene rings is 2. The molecule has 4 rings (SSSR count). The van der Waals surface area contributed by atoms with Crippen LogP contribution in [0.1, 0.15) is 44.2 Å². The van der Waals surface area contributed by atoms with E-state index >= 15 is 0 Å². The molecule has 0 bridgehead atoms. The fraction of sp³-hybridized carbons (Fsp3) is 0.304. The molecule has 5 nitrogen and oxygen atoms in total. The van der Waals surface area contributed by atoms with Gasteiger partial charge in [0.05, 0.1) is 17.4 Å². The lowest BCUT2D eigenvalue weighted by atomic mass is 9.86. The summed E-state index contributed by atoms with van der Waals surface area (Å²) in [5, 5.41) is 7.06. The molecule has 150 valence electrons. The topological polar surface area (TPSA) is 61.4 Å². The van der Waals surface area contributed by atoms with Crippen molar-refractivity contribution in [2.75, 3.05) is 16.8 Å². The smallest absolute Gasteiger partial charge is 0.322 e. The van der Waals surface area contributed by atoms with Crippen LogP contribution in [0.25, 0.3) is 0 Å². The molecule has 0 saturated heterocycles. The van der Waals surface area contributed by atoms with Crippen LogP contribution in [-0.2, 0) is 4.79 Å². The van der Waals surface area contributed by atoms with Gasteiger partial charge in [0.2, 0.25) is 0 Å². The summed E-state index contributed by atoms with van der Waals surface area (Å²) in [7, 11) is 0. The quantitative estimate of drug-likeness (QED) is 0.709. The SMILES string of the molecule is CCCNC(=O)N1c2ccccc2NC2=C(C(=O)CCC2)[C@H]1c1ccc(Cl)cc1. The maximum absolute atomic E-state index is 13.3. The first-order valence-corrected chi connectivity index (χ1v) is 10.4. The number of carbonyl (C=O) groups excluding carboxylic acids is 2. The summed E-state index contributed by atoms with van der Waals surface area (Å²) in [5.74, 6) is 0.0831. The van der Waals surface area contributed by atoms with Gasteiger partial charge in [-0.15, -0.1) is 0 Å². The van der Waals surface area contributed by atoms with Gasteiger partial charge in [0.25, 0.3) is 0 Å². The number of Topliss-reactive ketones (excluding diaryl/α,β-unsaturated/α-hetero) is 1. The summed E-state index contributed by atoms with van der Waals surface area (Å²) < 4.78 is 0. The van der Waals surface area contributed by atoms with Gasteiger partial charge in [-0.3, -0.25) is 9.69 Å². The lowest BCUT2D eigenvalue weighted by molar-refractivity contribution is -0.116. The van der Waals surface area contributed by atoms with E-state index in [1.165, 1.54) is 0 Å². The van der Waals surface area contributed by atoms with Gasteiger partial charge in [-0.1, -0.05) is 42.8 Å². The highest BCUT2D eigenvalue weighted by Crippen LogP contribution is 2.44. The first-order valence-electron chi connectivity index (χ1n) is 10.0. The van der Waals surface area contributed by atoms with E-state index in [0.29, 0.717) is 23.6 Å². The molecule has 1 atom stereocenters. The molecule has 0 unspecified atom stereocenters. The number of hydrogen-bond donors (Lipinski definition) is 2. The van der Waals surface area contributed by atoms with Crippen molar-refractivity contribution in [2.45, 2.75) is 38.6 Å². The van der Waals surface area contributed by atoms with Gasteiger partial charge >= 0.3 is 6.03 Å². The average molecular weight is 410 g/mol. The number of halogens is 1. The Hall–Kier alpha value is -2.79. The molecule has 2 N–H and O–H groups in total. The fourth-order valence-corrected chi connectivity index (χ4v) is 4.16. The largest absolute Gasteiger partial charge is 0.357 e. The number of ketones is 1. The highest BCUT2D eigenvalue weighted by molar-refractivity contribution is 6.30. The zero-order valence-corrected chi connectivity index (χ0v) is 17.1. The summed E-state index contributed by atoms with van der Waals surface area (Å²) in [6.07, 6.45) is 2.91. The predicted octanol–water partition coefficient (Wildman–Crippen LogP) is 5.44. The molecule has 2 aromatic carbocycles. The normalized spacial score (nSPS) is 18.5. The Morgan fingerprint density at radius 1 is 1.17 bits per heavy atom. The molecule has 0 aromatic heterocycles. The van der Waals surface area contributed by atoms with Crippen molar-refractivity contribution in [3.63, 3.8) is 0 Å². The van der Waals surface area contributed by atoms with Crippen molar-refractivity contribution in [2.24, 2.45) is 0 Å². The molecule has 2 aromatic rings. The van der Waals surface area contributed by atoms with E-state index < -0.39 is 6.04 Å². The third-order valence-corrected chi connectivity index (χ3v) is 5.62. The third-order valence-electron chi connectivity index (χ3n) is 5.37. The Morgan fingerprint density at radius 3 is 2.69 bits per heavy atom. The van der Waals surface area contributed by atoms with E-state index in [0.717, 1.165) is 41.9 Å². The zero-order chi connectivity index (χ0) is 20.4. The number of nitrogens with one attached hydrogen (secondary N) is 2. The van der Waals surface area contributed by atoms with Crippen LogP contribution >= 0.6 is 11.6 Å². The van der Waals surface area contributed by atoms with Crippen LogP contribution in [0.4, 0.5) is 16.2 Å². The second-order valence-electron chi connectivity index (χ2n) is 7.37. The maximum atomic E-state index is 13.3. The molecular weight excluding hydrogens is 386 g/mol. The van der Waals surface area contributed by atoms with E-state index in [1.54, 1.807) is 17.0 Å². The van der Waals surface area contributed by atoms with Crippen molar-refractivity contribution < 1.29 is 9.59 Å². The van der Waals surface area contributed by atoms with E-state index in [4.69, 9.17) is 11.6 Å². The second kappa shape index (κ2) is 8.29. The Morgan fingerprint density at radius 2 is 1.93 bits per heavy atom. The van der Waals surface area contributed by atoms with Gasteiger partial charge in [0.15, 0.2) is 5.78 Å². The number of rotatable bonds is 3. The number of nitrogens with zero attached hydrogens (tertiary/aromatic N) is 1. The van der Waals surface area contributed by atoms with Crippen LogP contribution in [0.5, 0.6) is 0 Å². The first-order chi connectivity index (χ1) is 14.1. The Kier molecular flexibility index (Phi) is 5.58. The van der Waals surface area contributed by atoms with E-state index in [2.05, 4.69) is 10.6 Å². The number of anilines is 2. The molecule has 29 heavy (non-hydrogen) atoms. The summed E-state index contributed by atoms with van der Waals surface area (Å²) in [4.78, 5) is 28.1. The van der Waals surface area contributed by atoms with Gasteiger partial charge in [-0.25, -0.2) is 4.79 Å². The minimum atomic E-state index is -0.511. The standard InChI is InChI=1S/C23H24ClN3O2/c1-2-14-25-23(29)27-19-8-4-3-6-17(19)26-18-7-5-9-20(28)21(18)22(27)15-10-12-16(24)13-11-15/h3-4,6,8,10-13,22,26H,2,5,7,9,14H2,1H3,(H,25,29)/t22-/m1/s1. The molecule has 0 radical (unpaired) electrons. The van der Waals surface area contributed by atoms with Crippen LogP contribution in [0.3, 0.4) is 0 Å². The number of para-hydroxylation sites is 2. The molecular formula is C23H24ClN3O2. The third kappa shape index (κ3) is 3.75. The Labute approximate surface area is 175 Å². The van der Waals surface area contributed by atoms with Crippen LogP contribution < -0.4 is 15.5 Å². The summed E-state index contributed by atoms with van der Waals surface area (Å²) in [6.45, 7) is 2.58.